The molecule has 2 bridgehead atoms. The first kappa shape index (κ1) is 27.8. The van der Waals surface area contributed by atoms with Crippen LogP contribution in [0.3, 0.4) is 0 Å². The van der Waals surface area contributed by atoms with Crippen molar-refractivity contribution in [3.05, 3.63) is 29.6 Å². The van der Waals surface area contributed by atoms with Crippen LogP contribution >= 0.6 is 0 Å². The third-order valence-corrected chi connectivity index (χ3v) is 9.24. The van der Waals surface area contributed by atoms with Crippen molar-refractivity contribution in [3.8, 4) is 0 Å². The third-order valence-electron chi connectivity index (χ3n) is 6.22. The van der Waals surface area contributed by atoms with E-state index in [0.717, 1.165) is 12.1 Å². The minimum Gasteiger partial charge on any atom is -0.443 e. The number of nitrogens with zero attached hydrogens (tertiary/aromatic N) is 2. The molecule has 0 unspecified atom stereocenters. The van der Waals surface area contributed by atoms with Gasteiger partial charge in [0.2, 0.25) is 0 Å². The highest BCUT2D eigenvalue weighted by atomic mass is 32.2. The third kappa shape index (κ3) is 4.55. The number of nitrogen functional groups attached to an aromatic ring is 1. The van der Waals surface area contributed by atoms with E-state index in [0.29, 0.717) is 4.90 Å². The number of amides is 2. The predicted octanol–water partition coefficient (Wildman–Crippen LogP) is 4.49. The number of alkyl halides is 1. The summed E-state index contributed by atoms with van der Waals surface area (Å²) in [5.41, 5.74) is 1.06. The van der Waals surface area contributed by atoms with Gasteiger partial charge >= 0.3 is 12.2 Å². The maximum Gasteiger partial charge on any atom is 0.425 e. The lowest BCUT2D eigenvalue weighted by molar-refractivity contribution is 0.0138. The molecule has 1 aromatic carbocycles. The molecular weight excluding hydrogens is 496 g/mol. The Labute approximate surface area is 209 Å². The Bertz CT molecular complexity index is 1190. The number of sulfone groups is 1. The zero-order valence-corrected chi connectivity index (χ0v) is 22.3. The highest BCUT2D eigenvalue weighted by Gasteiger charge is 2.67. The van der Waals surface area contributed by atoms with Gasteiger partial charge in [0.05, 0.1) is 5.25 Å². The zero-order chi connectivity index (χ0) is 27.5. The van der Waals surface area contributed by atoms with E-state index >= 15 is 8.78 Å². The molecule has 3 atom stereocenters. The van der Waals surface area contributed by atoms with Gasteiger partial charge in [-0.15, -0.1) is 0 Å². The Morgan fingerprint density at radius 2 is 1.67 bits per heavy atom. The van der Waals surface area contributed by atoms with Crippen molar-refractivity contribution >= 4 is 33.5 Å². The summed E-state index contributed by atoms with van der Waals surface area (Å²) in [6, 6.07) is 3.36. The lowest BCUT2D eigenvalue weighted by atomic mass is 9.86. The fraction of sp³-hybridized carbons (Fsp3) is 0.625. The number of aliphatic imine (C=N–C) groups is 1. The molecular formula is C24H33F2N3O6S. The van der Waals surface area contributed by atoms with Crippen LogP contribution in [0, 0.1) is 5.82 Å². The van der Waals surface area contributed by atoms with Crippen molar-refractivity contribution in [2.45, 2.75) is 88.0 Å². The molecule has 1 fully saturated rings. The first-order chi connectivity index (χ1) is 16.3. The van der Waals surface area contributed by atoms with Gasteiger partial charge in [-0.1, -0.05) is 0 Å². The number of anilines is 1. The summed E-state index contributed by atoms with van der Waals surface area (Å²) < 4.78 is 66.7. The first-order valence-corrected chi connectivity index (χ1v) is 13.0. The van der Waals surface area contributed by atoms with Gasteiger partial charge in [0, 0.05) is 11.3 Å². The van der Waals surface area contributed by atoms with E-state index in [9.17, 15) is 18.0 Å². The van der Waals surface area contributed by atoms with Crippen LogP contribution in [0.2, 0.25) is 0 Å². The highest BCUT2D eigenvalue weighted by molar-refractivity contribution is 7.94. The number of rotatable bonds is 2. The van der Waals surface area contributed by atoms with E-state index in [1.54, 1.807) is 41.5 Å². The van der Waals surface area contributed by atoms with Gasteiger partial charge in [0.1, 0.15) is 39.8 Å². The minimum absolute atomic E-state index is 0.0656. The summed E-state index contributed by atoms with van der Waals surface area (Å²) in [5.74, 6) is -1.50. The molecule has 200 valence electrons. The monoisotopic (exact) mass is 529 g/mol. The quantitative estimate of drug-likeness (QED) is 0.559. The van der Waals surface area contributed by atoms with Crippen LogP contribution in [0.4, 0.5) is 24.1 Å². The first-order valence-electron chi connectivity index (χ1n) is 11.5. The fourth-order valence-corrected chi connectivity index (χ4v) is 7.18. The normalized spacial score (nSPS) is 27.2. The van der Waals surface area contributed by atoms with Crippen LogP contribution in [-0.2, 0) is 24.8 Å². The Morgan fingerprint density at radius 1 is 1.14 bits per heavy atom. The molecule has 2 aliphatic heterocycles. The summed E-state index contributed by atoms with van der Waals surface area (Å²) >= 11 is 0. The van der Waals surface area contributed by atoms with Gasteiger partial charge in [-0.05, 0) is 79.5 Å². The van der Waals surface area contributed by atoms with Gasteiger partial charge in [-0.3, -0.25) is 4.99 Å². The van der Waals surface area contributed by atoms with E-state index < -0.39 is 67.1 Å². The number of imide groups is 1. The SMILES string of the molecule is CC(C)(C)OC(=O)N(C(=O)OC(C)(C)C)C1=N[C@@](CF)(c2cc(N)ccc2F)[C@H]2CC[C@]1(C)S2(=O)=O. The maximum absolute atomic E-state index is 15.1. The number of nitrogens with two attached hydrogens (primary N) is 1. The van der Waals surface area contributed by atoms with E-state index in [1.807, 2.05) is 0 Å². The topological polar surface area (TPSA) is 128 Å². The summed E-state index contributed by atoms with van der Waals surface area (Å²) in [5, 5.41) is -1.45. The second-order valence-electron chi connectivity index (χ2n) is 11.3. The van der Waals surface area contributed by atoms with Gasteiger partial charge in [-0.2, -0.15) is 4.90 Å². The molecule has 12 heteroatoms. The highest BCUT2D eigenvalue weighted by Crippen LogP contribution is 2.53. The number of amidine groups is 1. The molecule has 0 saturated carbocycles. The number of carbonyl (C=O) groups excluding carboxylic acids is 2. The van der Waals surface area contributed by atoms with Crippen LogP contribution in [-0.4, -0.2) is 59.2 Å². The molecule has 0 aromatic heterocycles. The summed E-state index contributed by atoms with van der Waals surface area (Å²) in [4.78, 5) is 31.4. The van der Waals surface area contributed by atoms with Gasteiger partial charge < -0.3 is 15.2 Å². The lowest BCUT2D eigenvalue weighted by Crippen LogP contribution is -2.62. The van der Waals surface area contributed by atoms with Gasteiger partial charge in [0.25, 0.3) is 0 Å². The summed E-state index contributed by atoms with van der Waals surface area (Å²) in [6.45, 7) is 9.21. The summed E-state index contributed by atoms with van der Waals surface area (Å²) in [6.07, 6.45) is -2.68. The molecule has 2 amide bonds. The van der Waals surface area contributed by atoms with Gasteiger partial charge in [0.15, 0.2) is 9.84 Å². The van der Waals surface area contributed by atoms with Crippen molar-refractivity contribution in [1.82, 2.24) is 4.90 Å². The predicted molar refractivity (Wildman–Crippen MR) is 131 cm³/mol. The second kappa shape index (κ2) is 8.67. The average Bonchev–Trinajstić information content (AvgIpc) is 2.85. The number of halogens is 2. The lowest BCUT2D eigenvalue weighted by Gasteiger charge is -2.43. The molecule has 1 aromatic rings. The van der Waals surface area contributed by atoms with Crippen LogP contribution in [0.25, 0.3) is 0 Å². The summed E-state index contributed by atoms with van der Waals surface area (Å²) in [7, 11) is -4.31. The average molecular weight is 530 g/mol. The number of ether oxygens (including phenoxy) is 2. The molecule has 9 nitrogen and oxygen atoms in total. The Balaban J connectivity index is 2.36. The van der Waals surface area contributed by atoms with E-state index in [-0.39, 0.29) is 24.1 Å². The van der Waals surface area contributed by atoms with Crippen molar-refractivity contribution < 1.29 is 36.3 Å². The van der Waals surface area contributed by atoms with E-state index in [4.69, 9.17) is 15.2 Å². The minimum atomic E-state index is -4.31. The number of hydrogen-bond acceptors (Lipinski definition) is 8. The molecule has 0 radical (unpaired) electrons. The van der Waals surface area contributed by atoms with Crippen molar-refractivity contribution in [2.24, 2.45) is 4.99 Å². The maximum atomic E-state index is 15.1. The molecule has 2 aliphatic rings. The Kier molecular flexibility index (Phi) is 6.70. The number of fused-ring (bicyclic) bond motifs is 2. The number of hydrogen-bond donors (Lipinski definition) is 1. The Hall–Kier alpha value is -2.76. The van der Waals surface area contributed by atoms with Crippen LogP contribution in [0.15, 0.2) is 23.2 Å². The molecule has 2 heterocycles. The molecule has 1 saturated heterocycles. The second-order valence-corrected chi connectivity index (χ2v) is 13.9. The van der Waals surface area contributed by atoms with E-state index in [1.165, 1.54) is 13.0 Å². The van der Waals surface area contributed by atoms with Crippen molar-refractivity contribution in [2.75, 3.05) is 12.4 Å². The van der Waals surface area contributed by atoms with Crippen LogP contribution < -0.4 is 5.73 Å². The zero-order valence-electron chi connectivity index (χ0n) is 21.5. The van der Waals surface area contributed by atoms with Crippen LogP contribution in [0.1, 0.15) is 66.9 Å². The number of benzene rings is 1. The van der Waals surface area contributed by atoms with Gasteiger partial charge in [-0.25, -0.2) is 26.8 Å². The van der Waals surface area contributed by atoms with E-state index in [2.05, 4.69) is 4.99 Å². The molecule has 0 aliphatic carbocycles. The molecule has 2 N–H and O–H groups in total. The fourth-order valence-electron chi connectivity index (χ4n) is 4.58. The molecule has 0 spiro atoms. The largest absolute Gasteiger partial charge is 0.443 e. The van der Waals surface area contributed by atoms with Crippen LogP contribution in [0.5, 0.6) is 0 Å². The Morgan fingerprint density at radius 3 is 2.14 bits per heavy atom. The smallest absolute Gasteiger partial charge is 0.425 e. The van der Waals surface area contributed by atoms with Crippen molar-refractivity contribution in [1.29, 1.82) is 0 Å². The van der Waals surface area contributed by atoms with Crippen molar-refractivity contribution in [3.63, 3.8) is 0 Å². The standard InChI is InChI=1S/C24H33F2N3O6S/c1-21(2,3)34-19(30)29(20(31)35-22(4,5)6)18-23(7)11-10-17(36(23,32)33)24(13-25,28-18)15-12-14(27)8-9-16(15)26/h8-9,12,17H,10-11,13,27H2,1-7H3/t17-,23+,24+/m1/s1. The molecule has 3 rings (SSSR count). The number of carbonyl (C=O) groups is 2. The molecule has 36 heavy (non-hydrogen) atoms.